The summed E-state index contributed by atoms with van der Waals surface area (Å²) in [5.74, 6) is 0.208. The van der Waals surface area contributed by atoms with Gasteiger partial charge >= 0.3 is 17.9 Å². The normalized spacial score (nSPS) is 44.1. The van der Waals surface area contributed by atoms with Gasteiger partial charge in [0, 0.05) is 25.7 Å². The topological polar surface area (TPSA) is 99.1 Å². The summed E-state index contributed by atoms with van der Waals surface area (Å²) in [6.07, 6.45) is 6.57. The Morgan fingerprint density at radius 3 is 2.33 bits per heavy atom. The summed E-state index contributed by atoms with van der Waals surface area (Å²) in [7, 11) is 0. The first-order valence-corrected chi connectivity index (χ1v) is 12.8. The molecule has 0 amide bonds. The zero-order valence-electron chi connectivity index (χ0n) is 20.6. The molecule has 8 atom stereocenters. The van der Waals surface area contributed by atoms with E-state index in [1.807, 2.05) is 6.92 Å². The molecule has 0 radical (unpaired) electrons. The van der Waals surface area contributed by atoms with Gasteiger partial charge in [0.2, 0.25) is 0 Å². The molecule has 7 heteroatoms. The highest BCUT2D eigenvalue weighted by atomic mass is 16.5. The number of carbonyl (C=O) groups excluding carboxylic acids is 3. The van der Waals surface area contributed by atoms with Crippen molar-refractivity contribution in [2.45, 2.75) is 97.2 Å². The third-order valence-electron chi connectivity index (χ3n) is 9.88. The number of ether oxygens (including phenoxy) is 3. The molecule has 0 heterocycles. The number of hydrogen-bond acceptors (Lipinski definition) is 7. The van der Waals surface area contributed by atoms with Crippen LogP contribution in [0.5, 0.6) is 0 Å². The summed E-state index contributed by atoms with van der Waals surface area (Å²) < 4.78 is 16.6. The van der Waals surface area contributed by atoms with Crippen LogP contribution in [0.25, 0.3) is 0 Å². The Kier molecular flexibility index (Phi) is 6.58. The fraction of sp³-hybridized carbons (Fsp3) is 0.885. The molecule has 186 valence electrons. The van der Waals surface area contributed by atoms with Crippen LogP contribution in [0.2, 0.25) is 0 Å². The summed E-state index contributed by atoms with van der Waals surface area (Å²) in [5, 5.41) is 12.0. The highest BCUT2D eigenvalue weighted by molar-refractivity contribution is 5.74. The molecule has 0 aromatic heterocycles. The SMILES string of the molecule is CCOC(=O)[C@@H]1CC[C@@H]2[C@H]3CC[C@@]4(O)C[C@H](OC(C)=O)CC[C@]4(COC(C)=O)[C@@H]3CC[C@@]21C. The highest BCUT2D eigenvalue weighted by Crippen LogP contribution is 2.68. The Hall–Kier alpha value is -1.63. The molecule has 4 rings (SSSR count). The van der Waals surface area contributed by atoms with Crippen LogP contribution in [0.1, 0.15) is 85.5 Å². The van der Waals surface area contributed by atoms with E-state index in [1.165, 1.54) is 13.8 Å². The Morgan fingerprint density at radius 2 is 1.67 bits per heavy atom. The molecule has 4 aliphatic rings. The van der Waals surface area contributed by atoms with Crippen LogP contribution in [0, 0.1) is 34.5 Å². The third kappa shape index (κ3) is 3.98. The lowest BCUT2D eigenvalue weighted by Gasteiger charge is -2.64. The molecule has 4 fully saturated rings. The number of esters is 3. The number of fused-ring (bicyclic) bond motifs is 5. The molecular formula is C26H40O7. The quantitative estimate of drug-likeness (QED) is 0.488. The first-order chi connectivity index (χ1) is 15.6. The van der Waals surface area contributed by atoms with Crippen molar-refractivity contribution in [2.24, 2.45) is 34.5 Å². The van der Waals surface area contributed by atoms with E-state index in [0.717, 1.165) is 32.1 Å². The molecule has 0 saturated heterocycles. The zero-order valence-corrected chi connectivity index (χ0v) is 20.6. The van der Waals surface area contributed by atoms with E-state index in [1.54, 1.807) is 0 Å². The van der Waals surface area contributed by atoms with Crippen molar-refractivity contribution in [2.75, 3.05) is 13.2 Å². The number of carbonyl (C=O) groups is 3. The summed E-state index contributed by atoms with van der Waals surface area (Å²) in [6.45, 7) is 7.56. The maximum atomic E-state index is 12.7. The van der Waals surface area contributed by atoms with Gasteiger partial charge in [-0.25, -0.2) is 0 Å². The van der Waals surface area contributed by atoms with Gasteiger partial charge in [0.15, 0.2) is 0 Å². The Bertz CT molecular complexity index is 796. The van der Waals surface area contributed by atoms with E-state index in [-0.39, 0.29) is 47.9 Å². The summed E-state index contributed by atoms with van der Waals surface area (Å²) in [4.78, 5) is 36.1. The average molecular weight is 465 g/mol. The van der Waals surface area contributed by atoms with Crippen LogP contribution in [0.3, 0.4) is 0 Å². The second kappa shape index (κ2) is 8.86. The van der Waals surface area contributed by atoms with E-state index >= 15 is 0 Å². The van der Waals surface area contributed by atoms with E-state index < -0.39 is 11.0 Å². The summed E-state index contributed by atoms with van der Waals surface area (Å²) in [5.41, 5.74) is -1.66. The van der Waals surface area contributed by atoms with Crippen LogP contribution in [0.15, 0.2) is 0 Å². The minimum atomic E-state index is -1.03. The molecule has 0 aliphatic heterocycles. The number of rotatable bonds is 5. The molecule has 7 nitrogen and oxygen atoms in total. The smallest absolute Gasteiger partial charge is 0.309 e. The number of hydrogen-bond donors (Lipinski definition) is 1. The molecule has 0 unspecified atom stereocenters. The monoisotopic (exact) mass is 464 g/mol. The second-order valence-corrected chi connectivity index (χ2v) is 11.3. The van der Waals surface area contributed by atoms with Crippen LogP contribution < -0.4 is 0 Å². The van der Waals surface area contributed by atoms with Crippen LogP contribution in [-0.4, -0.2) is 47.9 Å². The first kappa shape index (κ1) is 24.5. The fourth-order valence-corrected chi connectivity index (χ4v) is 8.51. The zero-order chi connectivity index (χ0) is 24.0. The molecule has 0 spiro atoms. The van der Waals surface area contributed by atoms with Gasteiger partial charge in [-0.3, -0.25) is 14.4 Å². The second-order valence-electron chi connectivity index (χ2n) is 11.3. The van der Waals surface area contributed by atoms with Crippen LogP contribution >= 0.6 is 0 Å². The Morgan fingerprint density at radius 1 is 0.909 bits per heavy atom. The van der Waals surface area contributed by atoms with Gasteiger partial charge in [-0.2, -0.15) is 0 Å². The summed E-state index contributed by atoms with van der Waals surface area (Å²) in [6, 6.07) is 0. The van der Waals surface area contributed by atoms with Crippen molar-refractivity contribution in [3.63, 3.8) is 0 Å². The van der Waals surface area contributed by atoms with Gasteiger partial charge in [-0.05, 0) is 81.5 Å². The molecule has 33 heavy (non-hydrogen) atoms. The Balaban J connectivity index is 1.63. The van der Waals surface area contributed by atoms with Gasteiger partial charge in [0.05, 0.1) is 24.7 Å². The highest BCUT2D eigenvalue weighted by Gasteiger charge is 2.67. The van der Waals surface area contributed by atoms with Gasteiger partial charge in [-0.1, -0.05) is 6.92 Å². The van der Waals surface area contributed by atoms with E-state index in [2.05, 4.69) is 6.92 Å². The van der Waals surface area contributed by atoms with Crippen molar-refractivity contribution in [3.05, 3.63) is 0 Å². The van der Waals surface area contributed by atoms with Crippen molar-refractivity contribution in [1.82, 2.24) is 0 Å². The van der Waals surface area contributed by atoms with E-state index in [0.29, 0.717) is 44.1 Å². The van der Waals surface area contributed by atoms with Crippen LogP contribution in [-0.2, 0) is 28.6 Å². The molecule has 4 saturated carbocycles. The predicted molar refractivity (Wildman–Crippen MR) is 120 cm³/mol. The molecule has 0 bridgehead atoms. The van der Waals surface area contributed by atoms with Gasteiger partial charge < -0.3 is 19.3 Å². The van der Waals surface area contributed by atoms with E-state index in [9.17, 15) is 19.5 Å². The third-order valence-corrected chi connectivity index (χ3v) is 9.88. The van der Waals surface area contributed by atoms with Crippen molar-refractivity contribution < 1.29 is 33.7 Å². The largest absolute Gasteiger partial charge is 0.466 e. The molecule has 1 N–H and O–H groups in total. The predicted octanol–water partition coefficient (Wildman–Crippen LogP) is 3.80. The van der Waals surface area contributed by atoms with Crippen molar-refractivity contribution >= 4 is 17.9 Å². The van der Waals surface area contributed by atoms with Crippen molar-refractivity contribution in [3.8, 4) is 0 Å². The number of aliphatic hydroxyl groups is 1. The van der Waals surface area contributed by atoms with Gasteiger partial charge in [0.25, 0.3) is 0 Å². The molecular weight excluding hydrogens is 424 g/mol. The Labute approximate surface area is 196 Å². The van der Waals surface area contributed by atoms with E-state index in [4.69, 9.17) is 14.2 Å². The maximum absolute atomic E-state index is 12.7. The summed E-state index contributed by atoms with van der Waals surface area (Å²) >= 11 is 0. The standard InChI is InChI=1S/C26H40O7/c1-5-31-23(29)22-7-6-20-19-9-13-26(30)14-18(33-17(3)28)8-12-25(26,15-32-16(2)27)21(19)10-11-24(20,22)4/h18-22,30H,5-15H2,1-4H3/t18-,19-,20-,21-,22+,24+,25+,26-/m1/s1. The molecule has 0 aromatic rings. The van der Waals surface area contributed by atoms with Gasteiger partial charge in [-0.15, -0.1) is 0 Å². The maximum Gasteiger partial charge on any atom is 0.309 e. The lowest BCUT2D eigenvalue weighted by molar-refractivity contribution is -0.245. The average Bonchev–Trinajstić information content (AvgIpc) is 3.09. The fourth-order valence-electron chi connectivity index (χ4n) is 8.51. The van der Waals surface area contributed by atoms with Gasteiger partial charge in [0.1, 0.15) is 6.10 Å². The van der Waals surface area contributed by atoms with Crippen molar-refractivity contribution in [1.29, 1.82) is 0 Å². The first-order valence-electron chi connectivity index (χ1n) is 12.8. The minimum Gasteiger partial charge on any atom is -0.466 e. The lowest BCUT2D eigenvalue weighted by atomic mass is 9.43. The minimum absolute atomic E-state index is 0.0617. The molecule has 0 aromatic carbocycles. The molecule has 4 aliphatic carbocycles. The van der Waals surface area contributed by atoms with Crippen LogP contribution in [0.4, 0.5) is 0 Å². The lowest BCUT2D eigenvalue weighted by Crippen LogP contribution is -2.66.